The number of aliphatic carboxylic acids is 1. The summed E-state index contributed by atoms with van der Waals surface area (Å²) in [4.78, 5) is 19.5. The van der Waals surface area contributed by atoms with Gasteiger partial charge in [-0.2, -0.15) is 0 Å². The monoisotopic (exact) mass is 234 g/mol. The second-order valence-corrected chi connectivity index (χ2v) is 3.48. The number of methoxy groups -OCH3 is 1. The molecule has 0 spiro atoms. The van der Waals surface area contributed by atoms with Crippen LogP contribution < -0.4 is 0 Å². The van der Waals surface area contributed by atoms with E-state index in [4.69, 9.17) is 19.4 Å². The van der Waals surface area contributed by atoms with Crippen LogP contribution in [0, 0.1) is 5.92 Å². The fourth-order valence-electron chi connectivity index (χ4n) is 1.16. The Morgan fingerprint density at radius 2 is 1.75 bits per heavy atom. The Kier molecular flexibility index (Phi) is 11.3. The molecule has 5 nitrogen and oxygen atoms in total. The lowest BCUT2D eigenvalue weighted by atomic mass is 10.0. The highest BCUT2D eigenvalue weighted by molar-refractivity contribution is 5.65. The van der Waals surface area contributed by atoms with Gasteiger partial charge in [0.2, 0.25) is 0 Å². The number of carboxylic acids is 1. The van der Waals surface area contributed by atoms with Crippen molar-refractivity contribution in [3.05, 3.63) is 0 Å². The molecule has 0 saturated carbocycles. The van der Waals surface area contributed by atoms with Gasteiger partial charge >= 0.3 is 5.97 Å². The number of carbonyl (C=O) groups is 2. The van der Waals surface area contributed by atoms with Crippen LogP contribution in [0.2, 0.25) is 0 Å². The molecule has 0 aliphatic rings. The van der Waals surface area contributed by atoms with Crippen LogP contribution in [-0.2, 0) is 19.1 Å². The average Bonchev–Trinajstić information content (AvgIpc) is 2.15. The Bertz CT molecular complexity index is 195. The third-order valence-corrected chi connectivity index (χ3v) is 1.89. The van der Waals surface area contributed by atoms with Crippen LogP contribution in [0.25, 0.3) is 0 Å². The first-order valence-electron chi connectivity index (χ1n) is 5.20. The Labute approximate surface area is 96.7 Å². The van der Waals surface area contributed by atoms with Crippen molar-refractivity contribution in [2.24, 2.45) is 5.92 Å². The van der Waals surface area contributed by atoms with Crippen LogP contribution in [0.15, 0.2) is 0 Å². The van der Waals surface area contributed by atoms with Gasteiger partial charge in [0.25, 0.3) is 5.97 Å². The van der Waals surface area contributed by atoms with Crippen LogP contribution in [0.1, 0.15) is 34.1 Å². The minimum absolute atomic E-state index is 0.185. The molecular weight excluding hydrogens is 212 g/mol. The second-order valence-electron chi connectivity index (χ2n) is 3.48. The third-order valence-electron chi connectivity index (χ3n) is 1.89. The molecule has 0 radical (unpaired) electrons. The van der Waals surface area contributed by atoms with E-state index in [1.54, 1.807) is 7.11 Å². The zero-order valence-corrected chi connectivity index (χ0v) is 10.6. The van der Waals surface area contributed by atoms with Crippen LogP contribution in [0.4, 0.5) is 0 Å². The molecule has 0 saturated heterocycles. The van der Waals surface area contributed by atoms with Crippen LogP contribution in [0.5, 0.6) is 0 Å². The summed E-state index contributed by atoms with van der Waals surface area (Å²) in [5.74, 6) is -0.795. The molecule has 0 aliphatic carbocycles. The molecule has 96 valence electrons. The molecule has 0 aromatic rings. The number of hydrogen-bond donors (Lipinski definition) is 1. The highest BCUT2D eigenvalue weighted by atomic mass is 16.5. The molecule has 0 aliphatic heterocycles. The Morgan fingerprint density at radius 1 is 1.31 bits per heavy atom. The average molecular weight is 234 g/mol. The summed E-state index contributed by atoms with van der Waals surface area (Å²) in [5, 5.41) is 7.42. The van der Waals surface area contributed by atoms with Gasteiger partial charge < -0.3 is 14.6 Å². The minimum Gasteiger partial charge on any atom is -0.481 e. The zero-order chi connectivity index (χ0) is 13.1. The summed E-state index contributed by atoms with van der Waals surface area (Å²) in [5.41, 5.74) is 0. The number of hydrogen-bond acceptors (Lipinski definition) is 4. The Morgan fingerprint density at radius 3 is 2.00 bits per heavy atom. The molecule has 1 N–H and O–H groups in total. The molecular formula is C11H22O5. The van der Waals surface area contributed by atoms with Crippen molar-refractivity contribution in [3.63, 3.8) is 0 Å². The number of carbonyl (C=O) groups excluding carboxylic acids is 1. The van der Waals surface area contributed by atoms with E-state index in [1.165, 1.54) is 6.92 Å². The number of esters is 1. The van der Waals surface area contributed by atoms with Crippen molar-refractivity contribution in [2.45, 2.75) is 40.2 Å². The summed E-state index contributed by atoms with van der Waals surface area (Å²) < 4.78 is 10.1. The van der Waals surface area contributed by atoms with Crippen LogP contribution in [0.3, 0.4) is 0 Å². The molecule has 0 bridgehead atoms. The van der Waals surface area contributed by atoms with Crippen molar-refractivity contribution in [2.75, 3.05) is 13.7 Å². The van der Waals surface area contributed by atoms with Crippen LogP contribution in [-0.4, -0.2) is 36.9 Å². The van der Waals surface area contributed by atoms with Gasteiger partial charge in [-0.15, -0.1) is 0 Å². The topological polar surface area (TPSA) is 72.8 Å². The summed E-state index contributed by atoms with van der Waals surface area (Å²) >= 11 is 0. The summed E-state index contributed by atoms with van der Waals surface area (Å²) in [6, 6.07) is 0. The Balaban J connectivity index is 0. The molecule has 0 heterocycles. The normalized spacial score (nSPS) is 13.1. The summed E-state index contributed by atoms with van der Waals surface area (Å²) in [6.45, 7) is 7.02. The van der Waals surface area contributed by atoms with Gasteiger partial charge in [-0.25, -0.2) is 0 Å². The van der Waals surface area contributed by atoms with Gasteiger partial charge in [-0.05, 0) is 6.42 Å². The van der Waals surface area contributed by atoms with E-state index in [-0.39, 0.29) is 18.0 Å². The van der Waals surface area contributed by atoms with Gasteiger partial charge in [-0.3, -0.25) is 9.59 Å². The van der Waals surface area contributed by atoms with Gasteiger partial charge in [-0.1, -0.05) is 13.8 Å². The van der Waals surface area contributed by atoms with E-state index in [2.05, 4.69) is 6.92 Å². The molecule has 0 fully saturated rings. The SMILES string of the molecule is CC(=O)O.CCC(OC)C(C)COC(C)=O. The van der Waals surface area contributed by atoms with E-state index < -0.39 is 5.97 Å². The maximum atomic E-state index is 10.5. The van der Waals surface area contributed by atoms with E-state index in [0.29, 0.717) is 6.61 Å². The maximum absolute atomic E-state index is 10.5. The van der Waals surface area contributed by atoms with Gasteiger partial charge in [0.15, 0.2) is 0 Å². The first-order chi connectivity index (χ1) is 7.34. The largest absolute Gasteiger partial charge is 0.481 e. The third kappa shape index (κ3) is 12.9. The maximum Gasteiger partial charge on any atom is 0.302 e. The lowest BCUT2D eigenvalue weighted by Crippen LogP contribution is -2.24. The smallest absolute Gasteiger partial charge is 0.302 e. The summed E-state index contributed by atoms with van der Waals surface area (Å²) in [6.07, 6.45) is 1.13. The minimum atomic E-state index is -0.833. The van der Waals surface area contributed by atoms with Crippen LogP contribution >= 0.6 is 0 Å². The van der Waals surface area contributed by atoms with Gasteiger partial charge in [0.05, 0.1) is 12.7 Å². The lowest BCUT2D eigenvalue weighted by molar-refractivity contribution is -0.143. The highest BCUT2D eigenvalue weighted by Gasteiger charge is 2.15. The summed E-state index contributed by atoms with van der Waals surface area (Å²) in [7, 11) is 1.68. The molecule has 0 aromatic heterocycles. The van der Waals surface area contributed by atoms with Crippen molar-refractivity contribution in [3.8, 4) is 0 Å². The quantitative estimate of drug-likeness (QED) is 0.733. The highest BCUT2D eigenvalue weighted by Crippen LogP contribution is 2.10. The van der Waals surface area contributed by atoms with E-state index in [1.807, 2.05) is 6.92 Å². The van der Waals surface area contributed by atoms with E-state index in [9.17, 15) is 4.79 Å². The van der Waals surface area contributed by atoms with E-state index >= 15 is 0 Å². The van der Waals surface area contributed by atoms with Crippen molar-refractivity contribution in [1.82, 2.24) is 0 Å². The molecule has 2 atom stereocenters. The standard InChI is InChI=1S/C9H18O3.C2H4O2/c1-5-9(11-4)7(2)6-12-8(3)10;1-2(3)4/h7,9H,5-6H2,1-4H3;1H3,(H,3,4). The predicted molar refractivity (Wildman–Crippen MR) is 60.2 cm³/mol. The van der Waals surface area contributed by atoms with Crippen molar-refractivity contribution < 1.29 is 24.2 Å². The zero-order valence-electron chi connectivity index (χ0n) is 10.6. The molecule has 0 rings (SSSR count). The lowest BCUT2D eigenvalue weighted by Gasteiger charge is -2.20. The van der Waals surface area contributed by atoms with Crippen molar-refractivity contribution in [1.29, 1.82) is 0 Å². The fourth-order valence-corrected chi connectivity index (χ4v) is 1.16. The molecule has 2 unspecified atom stereocenters. The first kappa shape index (κ1) is 17.3. The molecule has 0 aromatic carbocycles. The van der Waals surface area contributed by atoms with Crippen molar-refractivity contribution >= 4 is 11.9 Å². The first-order valence-corrected chi connectivity index (χ1v) is 5.20. The molecule has 16 heavy (non-hydrogen) atoms. The number of carboxylic acid groups (broad SMARTS) is 1. The number of rotatable bonds is 5. The molecule has 0 amide bonds. The van der Waals surface area contributed by atoms with Gasteiger partial charge in [0, 0.05) is 26.9 Å². The fraction of sp³-hybridized carbons (Fsp3) is 0.818. The van der Waals surface area contributed by atoms with Gasteiger partial charge in [0.1, 0.15) is 0 Å². The predicted octanol–water partition coefficient (Wildman–Crippen LogP) is 1.70. The molecule has 5 heteroatoms. The number of ether oxygens (including phenoxy) is 2. The Hall–Kier alpha value is -1.10. The second kappa shape index (κ2) is 10.4. The van der Waals surface area contributed by atoms with E-state index in [0.717, 1.165) is 13.3 Å².